The number of carbonyl (C=O) groups is 1. The summed E-state index contributed by atoms with van der Waals surface area (Å²) < 4.78 is 42.0. The lowest BCUT2D eigenvalue weighted by Gasteiger charge is -2.35. The van der Waals surface area contributed by atoms with Crippen molar-refractivity contribution in [1.29, 1.82) is 0 Å². The summed E-state index contributed by atoms with van der Waals surface area (Å²) in [6.07, 6.45) is 2.14. The highest BCUT2D eigenvalue weighted by atomic mass is 31.2. The number of hydrogen-bond donors (Lipinski definition) is 1. The number of aromatic amines is 1. The minimum absolute atomic E-state index is 0.0465. The van der Waals surface area contributed by atoms with Crippen molar-refractivity contribution < 1.29 is 32.4 Å². The summed E-state index contributed by atoms with van der Waals surface area (Å²) in [7, 11) is -4.10. The molecule has 0 aromatic carbocycles. The lowest BCUT2D eigenvalue weighted by atomic mass is 9.93. The van der Waals surface area contributed by atoms with E-state index in [2.05, 4.69) is 15.0 Å². The molecule has 0 bridgehead atoms. The second kappa shape index (κ2) is 10.3. The predicted octanol–water partition coefficient (Wildman–Crippen LogP) is 2.56. The van der Waals surface area contributed by atoms with Crippen molar-refractivity contribution >= 4 is 13.8 Å². The maximum absolute atomic E-state index is 13.2. The van der Waals surface area contributed by atoms with Crippen LogP contribution in [-0.4, -0.2) is 52.6 Å². The number of ether oxygens (including phenoxy) is 2. The number of nitrogens with one attached hydrogen (secondary N) is 1. The van der Waals surface area contributed by atoms with Crippen molar-refractivity contribution in [2.45, 2.75) is 76.0 Å². The van der Waals surface area contributed by atoms with Gasteiger partial charge in [0.25, 0.3) is 5.56 Å². The van der Waals surface area contributed by atoms with Crippen LogP contribution in [-0.2, 0) is 32.4 Å². The zero-order valence-electron chi connectivity index (χ0n) is 19.4. The average molecular weight is 513 g/mol. The molecule has 2 saturated heterocycles. The second-order valence-electron chi connectivity index (χ2n) is 9.09. The van der Waals surface area contributed by atoms with Gasteiger partial charge in [0.1, 0.15) is 23.9 Å². The summed E-state index contributed by atoms with van der Waals surface area (Å²) in [5.41, 5.74) is 6.26. The van der Waals surface area contributed by atoms with Gasteiger partial charge < -0.3 is 9.47 Å². The van der Waals surface area contributed by atoms with Crippen molar-refractivity contribution in [2.75, 3.05) is 13.2 Å². The smallest absolute Gasteiger partial charge is 0.462 e. The van der Waals surface area contributed by atoms with Crippen LogP contribution in [0.2, 0.25) is 0 Å². The van der Waals surface area contributed by atoms with Crippen LogP contribution in [0.15, 0.2) is 27.0 Å². The predicted molar refractivity (Wildman–Crippen MR) is 119 cm³/mol. The van der Waals surface area contributed by atoms with Gasteiger partial charge in [-0.25, -0.2) is 9.36 Å². The third-order valence-electron chi connectivity index (χ3n) is 6.51. The van der Waals surface area contributed by atoms with Gasteiger partial charge in [0.15, 0.2) is 6.23 Å². The van der Waals surface area contributed by atoms with Gasteiger partial charge in [-0.2, -0.15) is 0 Å². The maximum Gasteiger partial charge on any atom is 0.475 e. The summed E-state index contributed by atoms with van der Waals surface area (Å²) in [5, 5.41) is 3.79. The van der Waals surface area contributed by atoms with Gasteiger partial charge in [-0.3, -0.25) is 32.7 Å². The summed E-state index contributed by atoms with van der Waals surface area (Å²) in [4.78, 5) is 41.0. The Kier molecular flexibility index (Phi) is 7.51. The van der Waals surface area contributed by atoms with Crippen LogP contribution >= 0.6 is 7.82 Å². The first-order chi connectivity index (χ1) is 16.6. The van der Waals surface area contributed by atoms with E-state index in [9.17, 15) is 24.5 Å². The Morgan fingerprint density at radius 1 is 1.43 bits per heavy atom. The summed E-state index contributed by atoms with van der Waals surface area (Å²) in [6.45, 7) is 2.87. The minimum Gasteiger partial charge on any atom is -0.462 e. The Labute approximate surface area is 200 Å². The summed E-state index contributed by atoms with van der Waals surface area (Å²) >= 11 is 0. The van der Waals surface area contributed by atoms with Gasteiger partial charge in [0.05, 0.1) is 19.1 Å². The van der Waals surface area contributed by atoms with Crippen LogP contribution < -0.4 is 11.2 Å². The molecule has 2 aliphatic heterocycles. The molecule has 35 heavy (non-hydrogen) atoms. The quantitative estimate of drug-likeness (QED) is 0.179. The number of esters is 1. The highest BCUT2D eigenvalue weighted by Gasteiger charge is 2.60. The Morgan fingerprint density at radius 3 is 2.86 bits per heavy atom. The topological polar surface area (TPSA) is 184 Å². The van der Waals surface area contributed by atoms with Crippen LogP contribution in [0.3, 0.4) is 0 Å². The van der Waals surface area contributed by atoms with Crippen LogP contribution in [0, 0.1) is 5.92 Å². The zero-order chi connectivity index (χ0) is 25.2. The van der Waals surface area contributed by atoms with Crippen molar-refractivity contribution in [3.63, 3.8) is 0 Å². The van der Waals surface area contributed by atoms with Crippen molar-refractivity contribution in [3.8, 4) is 0 Å². The molecule has 3 fully saturated rings. The third-order valence-corrected chi connectivity index (χ3v) is 7.96. The van der Waals surface area contributed by atoms with E-state index >= 15 is 0 Å². The zero-order valence-corrected chi connectivity index (χ0v) is 20.3. The fourth-order valence-corrected chi connectivity index (χ4v) is 5.98. The van der Waals surface area contributed by atoms with E-state index in [1.165, 1.54) is 13.1 Å². The van der Waals surface area contributed by atoms with Crippen LogP contribution in [0.1, 0.15) is 52.2 Å². The molecule has 1 N–H and O–H groups in total. The molecular weight excluding hydrogens is 485 g/mol. The first-order valence-electron chi connectivity index (χ1n) is 11.5. The lowest BCUT2D eigenvalue weighted by molar-refractivity contribution is -0.153. The van der Waals surface area contributed by atoms with Crippen molar-refractivity contribution in [2.24, 2.45) is 11.0 Å². The Balaban J connectivity index is 1.42. The van der Waals surface area contributed by atoms with E-state index in [0.717, 1.165) is 36.3 Å². The monoisotopic (exact) mass is 513 g/mol. The summed E-state index contributed by atoms with van der Waals surface area (Å²) in [6, 6.07) is 1.12. The SMILES string of the molecule is CC(CCO[P@@]1(=O)OC[C@H]2O[C@@H](n3ccc(=O)[nH]c3=O)[C@](C)(N=[N+]=[N-])[C@@H]2O1)C(=O)OC1CCCC1. The fourth-order valence-electron chi connectivity index (χ4n) is 4.50. The van der Waals surface area contributed by atoms with E-state index in [-0.39, 0.29) is 31.7 Å². The number of H-pyrrole nitrogens is 1. The molecule has 1 unspecified atom stereocenters. The van der Waals surface area contributed by atoms with E-state index in [0.29, 0.717) is 0 Å². The fraction of sp³-hybridized carbons (Fsp3) is 0.750. The molecule has 15 heteroatoms. The molecule has 14 nitrogen and oxygen atoms in total. The van der Waals surface area contributed by atoms with E-state index in [4.69, 9.17) is 23.0 Å². The molecule has 3 heterocycles. The van der Waals surface area contributed by atoms with Crippen LogP contribution in [0.5, 0.6) is 0 Å². The Bertz CT molecular complexity index is 1160. The van der Waals surface area contributed by atoms with Gasteiger partial charge in [-0.05, 0) is 44.6 Å². The number of hydrogen-bond acceptors (Lipinski definition) is 10. The molecular formula is C20H28N5O9P. The largest absolute Gasteiger partial charge is 0.475 e. The molecule has 1 aliphatic carbocycles. The number of phosphoric ester groups is 1. The van der Waals surface area contributed by atoms with E-state index in [1.807, 2.05) is 0 Å². The standard InChI is InChI=1S/C20H28N5O9P/c1-12(17(27)32-13-5-3-4-6-13)8-10-30-35(29)31-11-14-16(34-35)20(2,23-24-21)18(33-14)25-9-7-15(26)22-19(25)28/h7,9,12-14,16,18H,3-6,8,10-11H2,1-2H3,(H,22,26,28)/t12?,14-,16-,18-,20-,35+/m1/s1. The number of fused-ring (bicyclic) bond motifs is 1. The first kappa shape index (κ1) is 25.6. The van der Waals surface area contributed by atoms with Gasteiger partial charge in [-0.1, -0.05) is 12.0 Å². The summed E-state index contributed by atoms with van der Waals surface area (Å²) in [5.74, 6) is -0.807. The van der Waals surface area contributed by atoms with E-state index < -0.39 is 49.0 Å². The number of carbonyl (C=O) groups excluding carboxylic acids is 1. The molecule has 192 valence electrons. The van der Waals surface area contributed by atoms with Crippen LogP contribution in [0.25, 0.3) is 10.4 Å². The molecule has 3 aliphatic rings. The number of azide groups is 1. The number of rotatable bonds is 8. The highest BCUT2D eigenvalue weighted by Crippen LogP contribution is 2.59. The molecule has 6 atom stereocenters. The number of aromatic nitrogens is 2. The van der Waals surface area contributed by atoms with Gasteiger partial charge in [0.2, 0.25) is 0 Å². The van der Waals surface area contributed by atoms with Crippen molar-refractivity contribution in [1.82, 2.24) is 9.55 Å². The molecule has 0 amide bonds. The maximum atomic E-state index is 13.2. The van der Waals surface area contributed by atoms with Crippen LogP contribution in [0.4, 0.5) is 0 Å². The third kappa shape index (κ3) is 5.37. The van der Waals surface area contributed by atoms with Crippen molar-refractivity contribution in [3.05, 3.63) is 43.5 Å². The molecule has 1 saturated carbocycles. The normalized spacial score (nSPS) is 33.6. The van der Waals surface area contributed by atoms with E-state index in [1.54, 1.807) is 6.92 Å². The number of nitrogens with zero attached hydrogens (tertiary/aromatic N) is 4. The Hall–Kier alpha value is -2.47. The number of phosphoric acid groups is 1. The molecule has 0 radical (unpaired) electrons. The van der Waals surface area contributed by atoms with Gasteiger partial charge in [0, 0.05) is 17.2 Å². The molecule has 1 aromatic heterocycles. The Morgan fingerprint density at radius 2 is 2.17 bits per heavy atom. The lowest BCUT2D eigenvalue weighted by Crippen LogP contribution is -2.47. The van der Waals surface area contributed by atoms with Gasteiger partial charge in [-0.15, -0.1) is 0 Å². The van der Waals surface area contributed by atoms with Gasteiger partial charge >= 0.3 is 19.5 Å². The molecule has 1 aromatic rings. The average Bonchev–Trinajstić information content (AvgIpc) is 3.40. The first-order valence-corrected chi connectivity index (χ1v) is 12.9. The minimum atomic E-state index is -4.10. The molecule has 4 rings (SSSR count). The molecule has 0 spiro atoms. The second-order valence-corrected chi connectivity index (χ2v) is 10.7. The highest BCUT2D eigenvalue weighted by molar-refractivity contribution is 7.48.